The van der Waals surface area contributed by atoms with Crippen LogP contribution in [0.25, 0.3) is 22.2 Å². The van der Waals surface area contributed by atoms with Gasteiger partial charge in [-0.15, -0.1) is 0 Å². The van der Waals surface area contributed by atoms with Crippen molar-refractivity contribution in [2.75, 3.05) is 13.1 Å². The van der Waals surface area contributed by atoms with Gasteiger partial charge in [0.05, 0.1) is 11.0 Å². The first-order valence-corrected chi connectivity index (χ1v) is 7.80. The third kappa shape index (κ3) is 2.54. The van der Waals surface area contributed by atoms with Crippen LogP contribution in [0, 0.1) is 11.6 Å². The van der Waals surface area contributed by atoms with E-state index in [1.807, 2.05) is 27.8 Å². The number of nitrogens with zero attached hydrogens (tertiary/aromatic N) is 3. The summed E-state index contributed by atoms with van der Waals surface area (Å²) < 4.78 is 28.4. The summed E-state index contributed by atoms with van der Waals surface area (Å²) in [6, 6.07) is 7.45. The molecule has 4 nitrogen and oxygen atoms in total. The van der Waals surface area contributed by atoms with Crippen molar-refractivity contribution in [2.45, 2.75) is 13.0 Å². The summed E-state index contributed by atoms with van der Waals surface area (Å²) in [4.78, 5) is 18.3. The minimum Gasteiger partial charge on any atom is -0.341 e. The molecule has 24 heavy (non-hydrogen) atoms. The number of hydrogen-bond acceptors (Lipinski definition) is 2. The van der Waals surface area contributed by atoms with Crippen molar-refractivity contribution in [3.63, 3.8) is 0 Å². The van der Waals surface area contributed by atoms with E-state index in [2.05, 4.69) is 4.98 Å². The Morgan fingerprint density at radius 2 is 1.92 bits per heavy atom. The van der Waals surface area contributed by atoms with Crippen LogP contribution in [0.2, 0.25) is 0 Å². The lowest BCUT2D eigenvalue weighted by molar-refractivity contribution is -0.135. The third-order valence-corrected chi connectivity index (χ3v) is 4.39. The second-order valence-electron chi connectivity index (χ2n) is 5.94. The number of pyridine rings is 1. The van der Waals surface area contributed by atoms with E-state index in [1.165, 1.54) is 6.07 Å². The largest absolute Gasteiger partial charge is 0.341 e. The average molecular weight is 327 g/mol. The van der Waals surface area contributed by atoms with Crippen LogP contribution in [-0.2, 0) is 11.3 Å². The first kappa shape index (κ1) is 14.8. The molecule has 3 heterocycles. The minimum absolute atomic E-state index is 0.0805. The van der Waals surface area contributed by atoms with Crippen LogP contribution in [0.1, 0.15) is 6.42 Å². The highest BCUT2D eigenvalue weighted by Gasteiger charge is 2.20. The van der Waals surface area contributed by atoms with Crippen molar-refractivity contribution in [1.82, 2.24) is 14.5 Å². The van der Waals surface area contributed by atoms with Crippen molar-refractivity contribution in [2.24, 2.45) is 0 Å². The maximum Gasteiger partial charge on any atom is 0.242 e. The Balaban J connectivity index is 1.69. The maximum absolute atomic E-state index is 13.5. The lowest BCUT2D eigenvalue weighted by Gasteiger charge is -2.31. The fraction of sp³-hybridized carbons (Fsp3) is 0.222. The van der Waals surface area contributed by atoms with Crippen LogP contribution in [0.3, 0.4) is 0 Å². The second kappa shape index (κ2) is 5.70. The van der Waals surface area contributed by atoms with Crippen molar-refractivity contribution >= 4 is 16.9 Å². The molecule has 0 N–H and O–H groups in total. The normalized spacial score (nSPS) is 14.0. The standard InChI is InChI=1S/C18H15F2N3O/c19-14-3-2-12(8-15(14)20)13-9-17-16(21-10-13)4-7-23(17)11-18(24)22-5-1-6-22/h2-4,7-10H,1,5-6,11H2. The van der Waals surface area contributed by atoms with Crippen molar-refractivity contribution in [3.05, 3.63) is 54.4 Å². The number of benzene rings is 1. The number of amides is 1. The van der Waals surface area contributed by atoms with E-state index >= 15 is 0 Å². The molecular weight excluding hydrogens is 312 g/mol. The molecule has 0 spiro atoms. The molecule has 6 heteroatoms. The first-order chi connectivity index (χ1) is 11.6. The summed E-state index contributed by atoms with van der Waals surface area (Å²) >= 11 is 0. The van der Waals surface area contributed by atoms with Gasteiger partial charge in [0.15, 0.2) is 11.6 Å². The number of hydrogen-bond donors (Lipinski definition) is 0. The molecule has 1 fully saturated rings. The molecule has 0 bridgehead atoms. The highest BCUT2D eigenvalue weighted by Crippen LogP contribution is 2.25. The molecule has 1 aliphatic rings. The Bertz CT molecular complexity index is 931. The lowest BCUT2D eigenvalue weighted by atomic mass is 10.1. The van der Waals surface area contributed by atoms with E-state index in [1.54, 1.807) is 6.20 Å². The Morgan fingerprint density at radius 1 is 1.08 bits per heavy atom. The van der Waals surface area contributed by atoms with Gasteiger partial charge in [-0.05, 0) is 36.2 Å². The average Bonchev–Trinajstić information content (AvgIpc) is 2.90. The smallest absolute Gasteiger partial charge is 0.242 e. The Kier molecular flexibility index (Phi) is 3.52. The fourth-order valence-electron chi connectivity index (χ4n) is 2.85. The molecule has 0 atom stereocenters. The van der Waals surface area contributed by atoms with Gasteiger partial charge in [0.1, 0.15) is 6.54 Å². The molecule has 0 aliphatic carbocycles. The molecule has 0 saturated carbocycles. The molecule has 1 amide bonds. The summed E-state index contributed by atoms with van der Waals surface area (Å²) in [5.74, 6) is -1.69. The van der Waals surface area contributed by atoms with Crippen LogP contribution in [-0.4, -0.2) is 33.4 Å². The molecule has 4 rings (SSSR count). The predicted molar refractivity (Wildman–Crippen MR) is 86.3 cm³/mol. The summed E-state index contributed by atoms with van der Waals surface area (Å²) in [5.41, 5.74) is 2.78. The number of aromatic nitrogens is 2. The highest BCUT2D eigenvalue weighted by molar-refractivity contribution is 5.84. The minimum atomic E-state index is -0.893. The SMILES string of the molecule is O=C(Cn1ccc2ncc(-c3ccc(F)c(F)c3)cc21)N1CCC1. The van der Waals surface area contributed by atoms with Crippen LogP contribution < -0.4 is 0 Å². The number of halogens is 2. The molecule has 0 unspecified atom stereocenters. The zero-order chi connectivity index (χ0) is 16.7. The van der Waals surface area contributed by atoms with Crippen LogP contribution >= 0.6 is 0 Å². The molecule has 1 aliphatic heterocycles. The van der Waals surface area contributed by atoms with Gasteiger partial charge in [0.2, 0.25) is 5.91 Å². The van der Waals surface area contributed by atoms with Crippen LogP contribution in [0.4, 0.5) is 8.78 Å². The summed E-state index contributed by atoms with van der Waals surface area (Å²) in [6.07, 6.45) is 4.50. The van der Waals surface area contributed by atoms with E-state index in [4.69, 9.17) is 0 Å². The predicted octanol–water partition coefficient (Wildman–Crippen LogP) is 3.21. The maximum atomic E-state index is 13.5. The van der Waals surface area contributed by atoms with Gasteiger partial charge in [-0.2, -0.15) is 0 Å². The van der Waals surface area contributed by atoms with Gasteiger partial charge in [0.25, 0.3) is 0 Å². The molecule has 1 saturated heterocycles. The van der Waals surface area contributed by atoms with Gasteiger partial charge in [-0.25, -0.2) is 8.78 Å². The van der Waals surface area contributed by atoms with Gasteiger partial charge in [0, 0.05) is 31.0 Å². The van der Waals surface area contributed by atoms with Crippen molar-refractivity contribution in [1.29, 1.82) is 0 Å². The Morgan fingerprint density at radius 3 is 2.62 bits per heavy atom. The topological polar surface area (TPSA) is 38.1 Å². The van der Waals surface area contributed by atoms with Gasteiger partial charge in [-0.3, -0.25) is 9.78 Å². The summed E-state index contributed by atoms with van der Waals surface area (Å²) in [5, 5.41) is 0. The molecule has 122 valence electrons. The third-order valence-electron chi connectivity index (χ3n) is 4.39. The number of carbonyl (C=O) groups is 1. The second-order valence-corrected chi connectivity index (χ2v) is 5.94. The van der Waals surface area contributed by atoms with E-state index in [0.29, 0.717) is 11.1 Å². The Hall–Kier alpha value is -2.76. The zero-order valence-electron chi connectivity index (χ0n) is 12.9. The summed E-state index contributed by atoms with van der Waals surface area (Å²) in [7, 11) is 0. The number of rotatable bonds is 3. The van der Waals surface area contributed by atoms with Crippen molar-refractivity contribution in [3.8, 4) is 11.1 Å². The first-order valence-electron chi connectivity index (χ1n) is 7.80. The molecular formula is C18H15F2N3O. The number of likely N-dealkylation sites (tertiary alicyclic amines) is 1. The van der Waals surface area contributed by atoms with Crippen LogP contribution in [0.5, 0.6) is 0 Å². The van der Waals surface area contributed by atoms with Crippen LogP contribution in [0.15, 0.2) is 42.7 Å². The summed E-state index contributed by atoms with van der Waals surface area (Å²) in [6.45, 7) is 1.89. The van der Waals surface area contributed by atoms with Crippen molar-refractivity contribution < 1.29 is 13.6 Å². The fourth-order valence-corrected chi connectivity index (χ4v) is 2.85. The Labute approximate surface area is 137 Å². The van der Waals surface area contributed by atoms with E-state index in [0.717, 1.165) is 42.7 Å². The highest BCUT2D eigenvalue weighted by atomic mass is 19.2. The number of fused-ring (bicyclic) bond motifs is 1. The lowest BCUT2D eigenvalue weighted by Crippen LogP contribution is -2.43. The molecule has 0 radical (unpaired) electrons. The van der Waals surface area contributed by atoms with E-state index < -0.39 is 11.6 Å². The molecule has 2 aromatic heterocycles. The van der Waals surface area contributed by atoms with E-state index in [-0.39, 0.29) is 12.5 Å². The number of carbonyl (C=O) groups excluding carboxylic acids is 1. The van der Waals surface area contributed by atoms with Gasteiger partial charge in [-0.1, -0.05) is 6.07 Å². The monoisotopic (exact) mass is 327 g/mol. The molecule has 1 aromatic carbocycles. The quantitative estimate of drug-likeness (QED) is 0.741. The molecule has 3 aromatic rings. The van der Waals surface area contributed by atoms with Gasteiger partial charge >= 0.3 is 0 Å². The van der Waals surface area contributed by atoms with Gasteiger partial charge < -0.3 is 9.47 Å². The van der Waals surface area contributed by atoms with E-state index in [9.17, 15) is 13.6 Å². The zero-order valence-corrected chi connectivity index (χ0v) is 12.9.